The van der Waals surface area contributed by atoms with Crippen LogP contribution in [0.4, 0.5) is 0 Å². The first-order chi connectivity index (χ1) is 9.11. The van der Waals surface area contributed by atoms with E-state index in [1.54, 1.807) is 24.3 Å². The van der Waals surface area contributed by atoms with Crippen molar-refractivity contribution in [2.45, 2.75) is 13.0 Å². The average molecular weight is 276 g/mol. The maximum atomic E-state index is 11.2. The SMILES string of the molecule is N#CCCn1cc(C(=O)O)c(-c2ccc(Cl)cc2)n1. The molecule has 96 valence electrons. The topological polar surface area (TPSA) is 78.9 Å². The molecule has 0 aliphatic rings. The molecule has 0 saturated heterocycles. The van der Waals surface area contributed by atoms with Crippen LogP contribution in [0.5, 0.6) is 0 Å². The van der Waals surface area contributed by atoms with Gasteiger partial charge in [0.15, 0.2) is 0 Å². The second-order valence-corrected chi connectivity index (χ2v) is 4.31. The minimum atomic E-state index is -1.05. The number of aromatic carboxylic acids is 1. The Kier molecular flexibility index (Phi) is 3.83. The van der Waals surface area contributed by atoms with E-state index in [0.717, 1.165) is 0 Å². The molecule has 1 aromatic carbocycles. The summed E-state index contributed by atoms with van der Waals surface area (Å²) in [6.45, 7) is 0.365. The fourth-order valence-corrected chi connectivity index (χ4v) is 1.80. The fraction of sp³-hybridized carbons (Fsp3) is 0.154. The number of nitriles is 1. The monoisotopic (exact) mass is 275 g/mol. The van der Waals surface area contributed by atoms with Crippen molar-refractivity contribution in [3.63, 3.8) is 0 Å². The molecule has 19 heavy (non-hydrogen) atoms. The predicted octanol–water partition coefficient (Wildman–Crippen LogP) is 2.82. The number of carbonyl (C=O) groups is 1. The zero-order chi connectivity index (χ0) is 13.8. The van der Waals surface area contributed by atoms with Crippen molar-refractivity contribution in [1.82, 2.24) is 9.78 Å². The zero-order valence-corrected chi connectivity index (χ0v) is 10.6. The van der Waals surface area contributed by atoms with E-state index in [4.69, 9.17) is 16.9 Å². The van der Waals surface area contributed by atoms with Gasteiger partial charge in [0, 0.05) is 16.8 Å². The molecule has 1 heterocycles. The molecule has 5 nitrogen and oxygen atoms in total. The lowest BCUT2D eigenvalue weighted by Crippen LogP contribution is -1.97. The van der Waals surface area contributed by atoms with E-state index in [2.05, 4.69) is 5.10 Å². The maximum Gasteiger partial charge on any atom is 0.339 e. The van der Waals surface area contributed by atoms with E-state index >= 15 is 0 Å². The van der Waals surface area contributed by atoms with Gasteiger partial charge in [-0.25, -0.2) is 4.79 Å². The summed E-state index contributed by atoms with van der Waals surface area (Å²) in [5.74, 6) is -1.05. The van der Waals surface area contributed by atoms with Gasteiger partial charge in [-0.05, 0) is 12.1 Å². The molecule has 2 aromatic rings. The quantitative estimate of drug-likeness (QED) is 0.930. The van der Waals surface area contributed by atoms with Crippen LogP contribution in [0.1, 0.15) is 16.8 Å². The highest BCUT2D eigenvalue weighted by Crippen LogP contribution is 2.24. The molecule has 0 unspecified atom stereocenters. The number of benzene rings is 1. The van der Waals surface area contributed by atoms with E-state index in [1.807, 2.05) is 6.07 Å². The van der Waals surface area contributed by atoms with Gasteiger partial charge in [0.1, 0.15) is 11.3 Å². The van der Waals surface area contributed by atoms with Crippen molar-refractivity contribution in [3.8, 4) is 17.3 Å². The molecular weight excluding hydrogens is 266 g/mol. The molecule has 0 amide bonds. The summed E-state index contributed by atoms with van der Waals surface area (Å²) in [5.41, 5.74) is 1.17. The molecule has 1 aromatic heterocycles. The number of hydrogen-bond acceptors (Lipinski definition) is 3. The average Bonchev–Trinajstić information content (AvgIpc) is 2.81. The number of aryl methyl sites for hydroxylation is 1. The van der Waals surface area contributed by atoms with Gasteiger partial charge in [0.05, 0.1) is 19.0 Å². The van der Waals surface area contributed by atoms with Crippen molar-refractivity contribution in [3.05, 3.63) is 41.0 Å². The Bertz CT molecular complexity index is 641. The highest BCUT2D eigenvalue weighted by molar-refractivity contribution is 6.30. The first kappa shape index (κ1) is 13.1. The first-order valence-corrected chi connectivity index (χ1v) is 5.93. The van der Waals surface area contributed by atoms with E-state index in [1.165, 1.54) is 10.9 Å². The second kappa shape index (κ2) is 5.55. The van der Waals surface area contributed by atoms with Crippen LogP contribution in [-0.2, 0) is 6.54 Å². The Balaban J connectivity index is 2.43. The molecule has 1 N–H and O–H groups in total. The highest BCUT2D eigenvalue weighted by atomic mass is 35.5. The van der Waals surface area contributed by atoms with Crippen molar-refractivity contribution in [1.29, 1.82) is 5.26 Å². The summed E-state index contributed by atoms with van der Waals surface area (Å²) in [6.07, 6.45) is 1.71. The number of carboxylic acid groups (broad SMARTS) is 1. The molecule has 2 rings (SSSR count). The van der Waals surface area contributed by atoms with Crippen LogP contribution < -0.4 is 0 Å². The lowest BCUT2D eigenvalue weighted by molar-refractivity contribution is 0.0697. The molecule has 0 atom stereocenters. The molecule has 6 heteroatoms. The Labute approximate surface area is 114 Å². The van der Waals surface area contributed by atoms with Gasteiger partial charge < -0.3 is 5.11 Å². The maximum absolute atomic E-state index is 11.2. The van der Waals surface area contributed by atoms with E-state index < -0.39 is 5.97 Å². The summed E-state index contributed by atoms with van der Waals surface area (Å²) in [5, 5.41) is 22.5. The van der Waals surface area contributed by atoms with Crippen LogP contribution in [-0.4, -0.2) is 20.9 Å². The molecular formula is C13H10ClN3O2. The summed E-state index contributed by atoms with van der Waals surface area (Å²) in [4.78, 5) is 11.2. The Hall–Kier alpha value is -2.32. The third kappa shape index (κ3) is 2.92. The number of nitrogens with zero attached hydrogens (tertiary/aromatic N) is 3. The number of hydrogen-bond donors (Lipinski definition) is 1. The van der Waals surface area contributed by atoms with Gasteiger partial charge in [0.2, 0.25) is 0 Å². The van der Waals surface area contributed by atoms with Gasteiger partial charge in [-0.1, -0.05) is 23.7 Å². The Morgan fingerprint density at radius 3 is 2.68 bits per heavy atom. The molecule has 0 aliphatic carbocycles. The highest BCUT2D eigenvalue weighted by Gasteiger charge is 2.16. The van der Waals surface area contributed by atoms with Crippen LogP contribution in [0.2, 0.25) is 5.02 Å². The van der Waals surface area contributed by atoms with Gasteiger partial charge in [0.25, 0.3) is 0 Å². The van der Waals surface area contributed by atoms with E-state index in [-0.39, 0.29) is 12.0 Å². The largest absolute Gasteiger partial charge is 0.478 e. The lowest BCUT2D eigenvalue weighted by Gasteiger charge is -1.99. The number of rotatable bonds is 4. The lowest BCUT2D eigenvalue weighted by atomic mass is 10.1. The first-order valence-electron chi connectivity index (χ1n) is 5.55. The molecule has 0 spiro atoms. The van der Waals surface area contributed by atoms with Crippen LogP contribution in [0.3, 0.4) is 0 Å². The Morgan fingerprint density at radius 2 is 2.11 bits per heavy atom. The van der Waals surface area contributed by atoms with Crippen LogP contribution in [0.25, 0.3) is 11.3 Å². The van der Waals surface area contributed by atoms with Crippen molar-refractivity contribution in [2.24, 2.45) is 0 Å². The minimum Gasteiger partial charge on any atom is -0.478 e. The summed E-state index contributed by atoms with van der Waals surface area (Å²) in [6, 6.07) is 8.78. The smallest absolute Gasteiger partial charge is 0.339 e. The summed E-state index contributed by atoms with van der Waals surface area (Å²) < 4.78 is 1.47. The third-order valence-electron chi connectivity index (χ3n) is 2.56. The number of halogens is 1. The van der Waals surface area contributed by atoms with Crippen molar-refractivity contribution < 1.29 is 9.90 Å². The van der Waals surface area contributed by atoms with Crippen LogP contribution >= 0.6 is 11.6 Å². The Morgan fingerprint density at radius 1 is 1.42 bits per heavy atom. The summed E-state index contributed by atoms with van der Waals surface area (Å²) >= 11 is 5.80. The number of aromatic nitrogens is 2. The van der Waals surface area contributed by atoms with Crippen molar-refractivity contribution >= 4 is 17.6 Å². The van der Waals surface area contributed by atoms with Gasteiger partial charge in [-0.15, -0.1) is 0 Å². The van der Waals surface area contributed by atoms with Gasteiger partial charge in [-0.2, -0.15) is 10.4 Å². The third-order valence-corrected chi connectivity index (χ3v) is 2.81. The summed E-state index contributed by atoms with van der Waals surface area (Å²) in [7, 11) is 0. The minimum absolute atomic E-state index is 0.111. The van der Waals surface area contributed by atoms with E-state index in [0.29, 0.717) is 22.8 Å². The van der Waals surface area contributed by atoms with Gasteiger partial charge in [-0.3, -0.25) is 4.68 Å². The van der Waals surface area contributed by atoms with Crippen molar-refractivity contribution in [2.75, 3.05) is 0 Å². The molecule has 0 fully saturated rings. The van der Waals surface area contributed by atoms with Crippen LogP contribution in [0.15, 0.2) is 30.5 Å². The van der Waals surface area contributed by atoms with Gasteiger partial charge >= 0.3 is 5.97 Å². The molecule has 0 saturated carbocycles. The second-order valence-electron chi connectivity index (χ2n) is 3.87. The molecule has 0 radical (unpaired) electrons. The van der Waals surface area contributed by atoms with Crippen LogP contribution in [0, 0.1) is 11.3 Å². The molecule has 0 bridgehead atoms. The standard InChI is InChI=1S/C13H10ClN3O2/c14-10-4-2-9(3-5-10)12-11(13(18)19)8-17(16-12)7-1-6-15/h2-5,8H,1,7H2,(H,18,19). The fourth-order valence-electron chi connectivity index (χ4n) is 1.68. The molecule has 0 aliphatic heterocycles. The number of carboxylic acids is 1. The normalized spacial score (nSPS) is 10.1. The predicted molar refractivity (Wildman–Crippen MR) is 69.9 cm³/mol. The zero-order valence-electron chi connectivity index (χ0n) is 9.88. The van der Waals surface area contributed by atoms with E-state index in [9.17, 15) is 9.90 Å².